The summed E-state index contributed by atoms with van der Waals surface area (Å²) in [6, 6.07) is 14.2. The maximum absolute atomic E-state index is 13.7. The molecular formula is C23H17ClF3N3OS. The van der Waals surface area contributed by atoms with Gasteiger partial charge in [-0.3, -0.25) is 4.79 Å². The third-order valence-electron chi connectivity index (χ3n) is 4.55. The number of nitrogens with zero attached hydrogens (tertiary/aromatic N) is 2. The first-order valence-corrected chi connectivity index (χ1v) is 10.7. The summed E-state index contributed by atoms with van der Waals surface area (Å²) in [5.74, 6) is -0.629. The summed E-state index contributed by atoms with van der Waals surface area (Å²) < 4.78 is 41.0. The zero-order chi connectivity index (χ0) is 23.5. The number of halogens is 4. The molecule has 3 aromatic rings. The Bertz CT molecular complexity index is 1200. The van der Waals surface area contributed by atoms with Crippen LogP contribution in [0.4, 0.5) is 18.9 Å². The van der Waals surface area contributed by atoms with E-state index in [1.807, 2.05) is 26.0 Å². The van der Waals surface area contributed by atoms with Crippen LogP contribution in [0.3, 0.4) is 0 Å². The minimum atomic E-state index is -4.76. The standard InChI is InChI=1S/C23H17ClF3N3OS/c1-13-3-4-14(2)19(9-13)29-21(31)12-32-22-17(11-28)18(23(25,26)27)10-20(30-22)15-5-7-16(24)8-6-15/h3-10H,12H2,1-2H3,(H,29,31). The number of amides is 1. The lowest BCUT2D eigenvalue weighted by Crippen LogP contribution is -2.16. The number of anilines is 1. The second kappa shape index (κ2) is 9.63. The summed E-state index contributed by atoms with van der Waals surface area (Å²) >= 11 is 6.64. The van der Waals surface area contributed by atoms with Gasteiger partial charge in [0.15, 0.2) is 0 Å². The Kier molecular flexibility index (Phi) is 7.12. The lowest BCUT2D eigenvalue weighted by atomic mass is 10.1. The Hall–Kier alpha value is -3.02. The number of hydrogen-bond acceptors (Lipinski definition) is 4. The van der Waals surface area contributed by atoms with Gasteiger partial charge in [-0.25, -0.2) is 4.98 Å². The summed E-state index contributed by atoms with van der Waals surface area (Å²) in [6.07, 6.45) is -4.76. The third kappa shape index (κ3) is 5.61. The van der Waals surface area contributed by atoms with Gasteiger partial charge in [0.25, 0.3) is 0 Å². The molecule has 4 nitrogen and oxygen atoms in total. The molecule has 0 aliphatic rings. The van der Waals surface area contributed by atoms with Crippen molar-refractivity contribution in [1.82, 2.24) is 4.98 Å². The summed E-state index contributed by atoms with van der Waals surface area (Å²) in [6.45, 7) is 3.72. The number of benzene rings is 2. The molecule has 1 heterocycles. The fraction of sp³-hybridized carbons (Fsp3) is 0.174. The number of carbonyl (C=O) groups is 1. The van der Waals surface area contributed by atoms with Gasteiger partial charge >= 0.3 is 6.18 Å². The first-order valence-electron chi connectivity index (χ1n) is 9.36. The molecule has 0 bridgehead atoms. The van der Waals surface area contributed by atoms with Crippen molar-refractivity contribution in [3.63, 3.8) is 0 Å². The van der Waals surface area contributed by atoms with Crippen LogP contribution in [-0.4, -0.2) is 16.6 Å². The minimum Gasteiger partial charge on any atom is -0.325 e. The summed E-state index contributed by atoms with van der Waals surface area (Å²) in [4.78, 5) is 16.7. The molecule has 9 heteroatoms. The van der Waals surface area contributed by atoms with Gasteiger partial charge in [-0.05, 0) is 49.2 Å². The van der Waals surface area contributed by atoms with Crippen LogP contribution in [-0.2, 0) is 11.0 Å². The number of carbonyl (C=O) groups excluding carboxylic acids is 1. The first-order chi connectivity index (χ1) is 15.1. The third-order valence-corrected chi connectivity index (χ3v) is 5.78. The van der Waals surface area contributed by atoms with Gasteiger partial charge in [-0.2, -0.15) is 18.4 Å². The van der Waals surface area contributed by atoms with Gasteiger partial charge in [-0.1, -0.05) is 47.6 Å². The number of nitriles is 1. The molecule has 164 valence electrons. The highest BCUT2D eigenvalue weighted by atomic mass is 35.5. The Morgan fingerprint density at radius 3 is 2.47 bits per heavy atom. The predicted octanol–water partition coefficient (Wildman–Crippen LogP) is 6.64. The van der Waals surface area contributed by atoms with E-state index in [-0.39, 0.29) is 16.5 Å². The van der Waals surface area contributed by atoms with E-state index in [0.717, 1.165) is 29.0 Å². The summed E-state index contributed by atoms with van der Waals surface area (Å²) in [5.41, 5.74) is 1.16. The number of rotatable bonds is 5. The molecule has 0 fully saturated rings. The SMILES string of the molecule is Cc1ccc(C)c(NC(=O)CSc2nc(-c3ccc(Cl)cc3)cc(C(F)(F)F)c2C#N)c1. The molecular weight excluding hydrogens is 459 g/mol. The molecule has 2 aromatic carbocycles. The molecule has 0 atom stereocenters. The maximum Gasteiger partial charge on any atom is 0.417 e. The van der Waals surface area contributed by atoms with Crippen molar-refractivity contribution in [2.45, 2.75) is 25.0 Å². The molecule has 1 amide bonds. The summed E-state index contributed by atoms with van der Waals surface area (Å²) in [5, 5.41) is 12.4. The second-order valence-electron chi connectivity index (χ2n) is 7.01. The van der Waals surface area contributed by atoms with Gasteiger partial charge in [0.05, 0.1) is 22.6 Å². The molecule has 0 unspecified atom stereocenters. The molecule has 3 rings (SSSR count). The lowest BCUT2D eigenvalue weighted by molar-refractivity contribution is -0.138. The Morgan fingerprint density at radius 1 is 1.16 bits per heavy atom. The van der Waals surface area contributed by atoms with Crippen molar-refractivity contribution < 1.29 is 18.0 Å². The molecule has 1 aromatic heterocycles. The zero-order valence-corrected chi connectivity index (χ0v) is 18.6. The fourth-order valence-electron chi connectivity index (χ4n) is 2.92. The van der Waals surface area contributed by atoms with Crippen molar-refractivity contribution in [3.8, 4) is 17.3 Å². The quantitative estimate of drug-likeness (QED) is 0.420. The number of alkyl halides is 3. The molecule has 0 aliphatic carbocycles. The van der Waals surface area contributed by atoms with Crippen molar-refractivity contribution >= 4 is 35.0 Å². The van der Waals surface area contributed by atoms with Crippen LogP contribution >= 0.6 is 23.4 Å². The van der Waals surface area contributed by atoms with Crippen LogP contribution in [0.1, 0.15) is 22.3 Å². The highest BCUT2D eigenvalue weighted by Gasteiger charge is 2.36. The lowest BCUT2D eigenvalue weighted by Gasteiger charge is -2.14. The van der Waals surface area contributed by atoms with Crippen LogP contribution in [0, 0.1) is 25.2 Å². The molecule has 0 radical (unpaired) electrons. The van der Waals surface area contributed by atoms with E-state index in [9.17, 15) is 23.2 Å². The Balaban J connectivity index is 1.93. The number of thioether (sulfide) groups is 1. The molecule has 0 spiro atoms. The average Bonchev–Trinajstić information content (AvgIpc) is 2.74. The van der Waals surface area contributed by atoms with Crippen LogP contribution in [0.5, 0.6) is 0 Å². The van der Waals surface area contributed by atoms with Crippen molar-refractivity contribution in [2.24, 2.45) is 0 Å². The smallest absolute Gasteiger partial charge is 0.325 e. The van der Waals surface area contributed by atoms with Gasteiger partial charge in [0.2, 0.25) is 5.91 Å². The van der Waals surface area contributed by atoms with E-state index in [1.54, 1.807) is 24.3 Å². The van der Waals surface area contributed by atoms with Crippen molar-refractivity contribution in [2.75, 3.05) is 11.1 Å². The van der Waals surface area contributed by atoms with E-state index < -0.39 is 23.2 Å². The molecule has 1 N–H and O–H groups in total. The maximum atomic E-state index is 13.7. The van der Waals surface area contributed by atoms with E-state index in [1.165, 1.54) is 12.1 Å². The Labute approximate surface area is 192 Å². The molecule has 0 aliphatic heterocycles. The summed E-state index contributed by atoms with van der Waals surface area (Å²) in [7, 11) is 0. The highest BCUT2D eigenvalue weighted by Crippen LogP contribution is 2.38. The monoisotopic (exact) mass is 475 g/mol. The van der Waals surface area contributed by atoms with E-state index in [2.05, 4.69) is 10.3 Å². The predicted molar refractivity (Wildman–Crippen MR) is 120 cm³/mol. The molecule has 0 saturated heterocycles. The normalized spacial score (nSPS) is 11.2. The van der Waals surface area contributed by atoms with Crippen molar-refractivity contribution in [3.05, 3.63) is 75.8 Å². The number of nitrogens with one attached hydrogen (secondary N) is 1. The first kappa shape index (κ1) is 23.6. The largest absolute Gasteiger partial charge is 0.417 e. The molecule has 32 heavy (non-hydrogen) atoms. The van der Waals surface area contributed by atoms with Crippen LogP contribution in [0.25, 0.3) is 11.3 Å². The van der Waals surface area contributed by atoms with E-state index in [0.29, 0.717) is 16.3 Å². The van der Waals surface area contributed by atoms with E-state index in [4.69, 9.17) is 11.6 Å². The number of aryl methyl sites for hydroxylation is 2. The zero-order valence-electron chi connectivity index (χ0n) is 17.0. The van der Waals surface area contributed by atoms with Crippen LogP contribution in [0.2, 0.25) is 5.02 Å². The topological polar surface area (TPSA) is 65.8 Å². The van der Waals surface area contributed by atoms with Crippen LogP contribution < -0.4 is 5.32 Å². The number of hydrogen-bond donors (Lipinski definition) is 1. The van der Waals surface area contributed by atoms with Gasteiger partial charge in [0, 0.05) is 16.3 Å². The minimum absolute atomic E-state index is 0.0328. The van der Waals surface area contributed by atoms with E-state index >= 15 is 0 Å². The second-order valence-corrected chi connectivity index (χ2v) is 8.41. The Morgan fingerprint density at radius 2 is 1.84 bits per heavy atom. The fourth-order valence-corrected chi connectivity index (χ4v) is 3.85. The number of pyridine rings is 1. The average molecular weight is 476 g/mol. The highest BCUT2D eigenvalue weighted by molar-refractivity contribution is 8.00. The van der Waals surface area contributed by atoms with Gasteiger partial charge in [-0.15, -0.1) is 0 Å². The van der Waals surface area contributed by atoms with Crippen molar-refractivity contribution in [1.29, 1.82) is 5.26 Å². The number of aromatic nitrogens is 1. The van der Waals surface area contributed by atoms with Gasteiger partial charge < -0.3 is 5.32 Å². The van der Waals surface area contributed by atoms with Crippen LogP contribution in [0.15, 0.2) is 53.6 Å². The van der Waals surface area contributed by atoms with Gasteiger partial charge in [0.1, 0.15) is 11.1 Å². The molecule has 0 saturated carbocycles.